The first-order valence-electron chi connectivity index (χ1n) is 9.98. The molecule has 1 fully saturated rings. The van der Waals surface area contributed by atoms with Gasteiger partial charge in [-0.1, -0.05) is 0 Å². The molecular formula is C19H29N3O5S2. The summed E-state index contributed by atoms with van der Waals surface area (Å²) in [6, 6.07) is 0. The number of carbonyl (C=O) groups is 2. The molecule has 29 heavy (non-hydrogen) atoms. The van der Waals surface area contributed by atoms with Crippen LogP contribution in [0.5, 0.6) is 0 Å². The molecule has 0 spiro atoms. The lowest BCUT2D eigenvalue weighted by molar-refractivity contribution is -0.117. The fraction of sp³-hybridized carbons (Fsp3) is 0.684. The Kier molecular flexibility index (Phi) is 6.98. The van der Waals surface area contributed by atoms with E-state index in [2.05, 4.69) is 5.32 Å². The Labute approximate surface area is 176 Å². The zero-order valence-corrected chi connectivity index (χ0v) is 18.8. The van der Waals surface area contributed by atoms with Gasteiger partial charge in [-0.05, 0) is 45.1 Å². The Hall–Kier alpha value is -1.49. The first kappa shape index (κ1) is 22.2. The summed E-state index contributed by atoms with van der Waals surface area (Å²) in [6.45, 7) is 5.55. The Morgan fingerprint density at radius 2 is 1.79 bits per heavy atom. The molecule has 162 valence electrons. The molecular weight excluding hydrogens is 414 g/mol. The Bertz CT molecular complexity index is 871. The zero-order chi connectivity index (χ0) is 21.2. The van der Waals surface area contributed by atoms with E-state index in [4.69, 9.17) is 4.74 Å². The minimum Gasteiger partial charge on any atom is -0.459 e. The maximum atomic E-state index is 12.7. The first-order valence-corrected chi connectivity index (χ1v) is 12.6. The molecule has 3 rings (SSSR count). The standard InChI is InChI=1S/C19H29N3O5S2/c1-13(2)27-19(24)17-14-6-4-5-7-15(14)28-18(17)20-16(23)12-21-8-10-22(11-9-21)29(3,25)26/h13H,4-12H2,1-3H3,(H,20,23). The summed E-state index contributed by atoms with van der Waals surface area (Å²) in [6.07, 6.45) is 4.85. The van der Waals surface area contributed by atoms with Gasteiger partial charge in [0, 0.05) is 31.1 Å². The van der Waals surface area contributed by atoms with Gasteiger partial charge in [0.25, 0.3) is 0 Å². The molecule has 1 saturated heterocycles. The van der Waals surface area contributed by atoms with Crippen molar-refractivity contribution in [2.75, 3.05) is 44.3 Å². The number of nitrogens with one attached hydrogen (secondary N) is 1. The minimum atomic E-state index is -3.20. The molecule has 0 bridgehead atoms. The van der Waals surface area contributed by atoms with E-state index in [1.807, 2.05) is 18.7 Å². The monoisotopic (exact) mass is 443 g/mol. The number of fused-ring (bicyclic) bond motifs is 1. The Balaban J connectivity index is 1.67. The van der Waals surface area contributed by atoms with Crippen LogP contribution in [0.1, 0.15) is 47.5 Å². The number of hydrogen-bond acceptors (Lipinski definition) is 7. The molecule has 1 amide bonds. The first-order chi connectivity index (χ1) is 13.6. The van der Waals surface area contributed by atoms with Crippen LogP contribution >= 0.6 is 11.3 Å². The highest BCUT2D eigenvalue weighted by atomic mass is 32.2. The number of aryl methyl sites for hydroxylation is 1. The number of anilines is 1. The summed E-state index contributed by atoms with van der Waals surface area (Å²) < 4.78 is 30.1. The molecule has 1 N–H and O–H groups in total. The van der Waals surface area contributed by atoms with E-state index in [1.165, 1.54) is 21.9 Å². The van der Waals surface area contributed by atoms with Gasteiger partial charge in [-0.15, -0.1) is 11.3 Å². The van der Waals surface area contributed by atoms with Crippen molar-refractivity contribution in [3.63, 3.8) is 0 Å². The van der Waals surface area contributed by atoms with Gasteiger partial charge in [-0.25, -0.2) is 13.2 Å². The van der Waals surface area contributed by atoms with Crippen molar-refractivity contribution < 1.29 is 22.7 Å². The third-order valence-electron chi connectivity index (χ3n) is 5.14. The summed E-state index contributed by atoms with van der Waals surface area (Å²) in [4.78, 5) is 28.4. The second kappa shape index (κ2) is 9.11. The van der Waals surface area contributed by atoms with E-state index >= 15 is 0 Å². The van der Waals surface area contributed by atoms with Crippen molar-refractivity contribution in [3.8, 4) is 0 Å². The van der Waals surface area contributed by atoms with Crippen LogP contribution in [0.15, 0.2) is 0 Å². The summed E-state index contributed by atoms with van der Waals surface area (Å²) in [5.74, 6) is -0.577. The number of nitrogens with zero attached hydrogens (tertiary/aromatic N) is 2. The van der Waals surface area contributed by atoms with Gasteiger partial charge in [-0.2, -0.15) is 4.31 Å². The van der Waals surface area contributed by atoms with Crippen molar-refractivity contribution in [1.82, 2.24) is 9.21 Å². The van der Waals surface area contributed by atoms with Gasteiger partial charge < -0.3 is 10.1 Å². The zero-order valence-electron chi connectivity index (χ0n) is 17.2. The minimum absolute atomic E-state index is 0.166. The largest absolute Gasteiger partial charge is 0.459 e. The molecule has 0 unspecified atom stereocenters. The van der Waals surface area contributed by atoms with Crippen LogP contribution in [0.2, 0.25) is 0 Å². The lowest BCUT2D eigenvalue weighted by atomic mass is 9.95. The van der Waals surface area contributed by atoms with Gasteiger partial charge in [0.1, 0.15) is 5.00 Å². The smallest absolute Gasteiger partial charge is 0.341 e. The predicted octanol–water partition coefficient (Wildman–Crippen LogP) is 1.71. The number of thiophene rings is 1. The highest BCUT2D eigenvalue weighted by Gasteiger charge is 2.29. The summed E-state index contributed by atoms with van der Waals surface area (Å²) in [5, 5.41) is 3.49. The van der Waals surface area contributed by atoms with Crippen molar-refractivity contribution >= 4 is 38.2 Å². The number of rotatable bonds is 6. The molecule has 2 aliphatic rings. The molecule has 1 aromatic heterocycles. The quantitative estimate of drug-likeness (QED) is 0.673. The molecule has 1 aliphatic heterocycles. The molecule has 1 aliphatic carbocycles. The average Bonchev–Trinajstić information content (AvgIpc) is 2.98. The second-order valence-electron chi connectivity index (χ2n) is 7.86. The van der Waals surface area contributed by atoms with E-state index < -0.39 is 10.0 Å². The number of carbonyl (C=O) groups excluding carboxylic acids is 2. The Morgan fingerprint density at radius 1 is 1.14 bits per heavy atom. The number of amides is 1. The van der Waals surface area contributed by atoms with Crippen LogP contribution < -0.4 is 5.32 Å². The molecule has 0 radical (unpaired) electrons. The Morgan fingerprint density at radius 3 is 2.41 bits per heavy atom. The number of piperazine rings is 1. The van der Waals surface area contributed by atoms with Crippen LogP contribution in [-0.2, 0) is 32.4 Å². The molecule has 0 atom stereocenters. The highest BCUT2D eigenvalue weighted by molar-refractivity contribution is 7.88. The third-order valence-corrected chi connectivity index (χ3v) is 7.65. The molecule has 0 saturated carbocycles. The fourth-order valence-electron chi connectivity index (χ4n) is 3.73. The summed E-state index contributed by atoms with van der Waals surface area (Å²) in [5.41, 5.74) is 1.53. The maximum Gasteiger partial charge on any atom is 0.341 e. The van der Waals surface area contributed by atoms with Gasteiger partial charge in [0.15, 0.2) is 0 Å². The van der Waals surface area contributed by atoms with Crippen molar-refractivity contribution in [2.45, 2.75) is 45.6 Å². The molecule has 1 aromatic rings. The number of esters is 1. The molecule has 2 heterocycles. The van der Waals surface area contributed by atoms with E-state index in [9.17, 15) is 18.0 Å². The predicted molar refractivity (Wildman–Crippen MR) is 113 cm³/mol. The highest BCUT2D eigenvalue weighted by Crippen LogP contribution is 2.38. The van der Waals surface area contributed by atoms with Crippen LogP contribution in [0.25, 0.3) is 0 Å². The third kappa shape index (κ3) is 5.56. The normalized spacial score (nSPS) is 18.5. The number of ether oxygens (including phenoxy) is 1. The lowest BCUT2D eigenvalue weighted by Crippen LogP contribution is -2.50. The van der Waals surface area contributed by atoms with Gasteiger partial charge in [0.2, 0.25) is 15.9 Å². The molecule has 0 aromatic carbocycles. The van der Waals surface area contributed by atoms with Crippen LogP contribution in [0.3, 0.4) is 0 Å². The maximum absolute atomic E-state index is 12.7. The van der Waals surface area contributed by atoms with E-state index in [-0.39, 0.29) is 24.5 Å². The van der Waals surface area contributed by atoms with E-state index in [0.717, 1.165) is 36.1 Å². The van der Waals surface area contributed by atoms with Crippen molar-refractivity contribution in [1.29, 1.82) is 0 Å². The topological polar surface area (TPSA) is 96.0 Å². The van der Waals surface area contributed by atoms with Crippen LogP contribution in [0.4, 0.5) is 5.00 Å². The second-order valence-corrected chi connectivity index (χ2v) is 10.9. The molecule has 8 nitrogen and oxygen atoms in total. The number of hydrogen-bond donors (Lipinski definition) is 1. The van der Waals surface area contributed by atoms with Gasteiger partial charge >= 0.3 is 5.97 Å². The van der Waals surface area contributed by atoms with Gasteiger partial charge in [0.05, 0.1) is 24.5 Å². The van der Waals surface area contributed by atoms with Crippen molar-refractivity contribution in [3.05, 3.63) is 16.0 Å². The van der Waals surface area contributed by atoms with Crippen molar-refractivity contribution in [2.24, 2.45) is 0 Å². The van der Waals surface area contributed by atoms with Gasteiger partial charge in [-0.3, -0.25) is 9.69 Å². The fourth-order valence-corrected chi connectivity index (χ4v) is 5.85. The number of sulfonamides is 1. The van der Waals surface area contributed by atoms with E-state index in [1.54, 1.807) is 0 Å². The SMILES string of the molecule is CC(C)OC(=O)c1c(NC(=O)CN2CCN(S(C)(=O)=O)CC2)sc2c1CCCC2. The summed E-state index contributed by atoms with van der Waals surface area (Å²) >= 11 is 1.47. The molecule has 10 heteroatoms. The lowest BCUT2D eigenvalue weighted by Gasteiger charge is -2.32. The summed E-state index contributed by atoms with van der Waals surface area (Å²) in [7, 11) is -3.20. The van der Waals surface area contributed by atoms with Crippen LogP contribution in [0, 0.1) is 0 Å². The average molecular weight is 444 g/mol. The van der Waals surface area contributed by atoms with Crippen LogP contribution in [-0.4, -0.2) is 74.6 Å². The van der Waals surface area contributed by atoms with E-state index in [0.29, 0.717) is 36.7 Å².